The topological polar surface area (TPSA) is 141 Å². The molecule has 1 aromatic rings. The van der Waals surface area contributed by atoms with Crippen LogP contribution in [0.4, 0.5) is 0 Å². The molecule has 234 valence electrons. The number of rotatable bonds is 8. The highest BCUT2D eigenvalue weighted by molar-refractivity contribution is 5.87. The van der Waals surface area contributed by atoms with Crippen molar-refractivity contribution in [3.8, 4) is 0 Å². The minimum absolute atomic E-state index is 0.107. The molecule has 2 aliphatic carbocycles. The summed E-state index contributed by atoms with van der Waals surface area (Å²) in [4.78, 5) is 63.2. The van der Waals surface area contributed by atoms with E-state index in [0.29, 0.717) is 0 Å². The molecular formula is C32H40O11. The van der Waals surface area contributed by atoms with Crippen LogP contribution in [0.1, 0.15) is 66.9 Å². The second-order valence-electron chi connectivity index (χ2n) is 12.2. The second-order valence-corrected chi connectivity index (χ2v) is 12.2. The van der Waals surface area contributed by atoms with Crippen molar-refractivity contribution < 1.29 is 52.4 Å². The van der Waals surface area contributed by atoms with E-state index >= 15 is 0 Å². The minimum atomic E-state index is -1.65. The smallest absolute Gasteiger partial charge is 0.331 e. The molecule has 4 rings (SSSR count). The van der Waals surface area contributed by atoms with Crippen LogP contribution in [0.2, 0.25) is 0 Å². The predicted octanol–water partition coefficient (Wildman–Crippen LogP) is 3.56. The zero-order valence-corrected chi connectivity index (χ0v) is 25.6. The number of esters is 5. The largest absolute Gasteiger partial charge is 0.465 e. The fraction of sp³-hybridized carbons (Fsp3) is 0.594. The molecule has 1 aliphatic heterocycles. The van der Waals surface area contributed by atoms with E-state index in [4.69, 9.17) is 28.4 Å². The molecule has 0 aromatic heterocycles. The van der Waals surface area contributed by atoms with E-state index in [9.17, 15) is 24.0 Å². The van der Waals surface area contributed by atoms with Gasteiger partial charge in [-0.3, -0.25) is 19.2 Å². The lowest BCUT2D eigenvalue weighted by molar-refractivity contribution is -0.320. The Hall–Kier alpha value is -3.73. The Kier molecular flexibility index (Phi) is 9.06. The zero-order valence-electron chi connectivity index (χ0n) is 25.6. The first-order chi connectivity index (χ1) is 20.1. The highest BCUT2D eigenvalue weighted by atomic mass is 16.6. The van der Waals surface area contributed by atoms with Crippen molar-refractivity contribution in [3.05, 3.63) is 42.0 Å². The monoisotopic (exact) mass is 600 g/mol. The molecule has 1 heterocycles. The molecule has 2 saturated carbocycles. The summed E-state index contributed by atoms with van der Waals surface area (Å²) in [7, 11) is 0. The van der Waals surface area contributed by atoms with Gasteiger partial charge in [-0.05, 0) is 44.2 Å². The maximum Gasteiger partial charge on any atom is 0.331 e. The molecule has 3 fully saturated rings. The highest BCUT2D eigenvalue weighted by Crippen LogP contribution is 2.68. The van der Waals surface area contributed by atoms with Crippen molar-refractivity contribution in [2.24, 2.45) is 17.3 Å². The summed E-state index contributed by atoms with van der Waals surface area (Å²) < 4.78 is 36.4. The average molecular weight is 601 g/mol. The van der Waals surface area contributed by atoms with Crippen LogP contribution in [0.3, 0.4) is 0 Å². The molecule has 43 heavy (non-hydrogen) atoms. The fourth-order valence-electron chi connectivity index (χ4n) is 7.52. The van der Waals surface area contributed by atoms with Gasteiger partial charge in [0.15, 0.2) is 6.10 Å². The van der Waals surface area contributed by atoms with Gasteiger partial charge in [-0.2, -0.15) is 0 Å². The Balaban J connectivity index is 1.95. The summed E-state index contributed by atoms with van der Waals surface area (Å²) in [6.45, 7) is 10.1. The first-order valence-electron chi connectivity index (χ1n) is 14.4. The Morgan fingerprint density at radius 3 is 2.02 bits per heavy atom. The molecule has 3 aliphatic rings. The number of carbonyl (C=O) groups is 5. The van der Waals surface area contributed by atoms with Gasteiger partial charge in [0.25, 0.3) is 0 Å². The third-order valence-electron chi connectivity index (χ3n) is 8.93. The fourth-order valence-corrected chi connectivity index (χ4v) is 7.52. The van der Waals surface area contributed by atoms with Gasteiger partial charge in [0.1, 0.15) is 35.9 Å². The molecule has 1 saturated heterocycles. The maximum absolute atomic E-state index is 13.4. The van der Waals surface area contributed by atoms with Crippen molar-refractivity contribution in [1.29, 1.82) is 0 Å². The summed E-state index contributed by atoms with van der Waals surface area (Å²) in [5, 5.41) is 0. The van der Waals surface area contributed by atoms with Crippen LogP contribution in [0.25, 0.3) is 6.08 Å². The Morgan fingerprint density at radius 2 is 1.44 bits per heavy atom. The molecule has 0 N–H and O–H groups in total. The zero-order chi connectivity index (χ0) is 31.7. The summed E-state index contributed by atoms with van der Waals surface area (Å²) in [6.07, 6.45) is -1.13. The quantitative estimate of drug-likeness (QED) is 0.246. The van der Waals surface area contributed by atoms with E-state index in [-0.39, 0.29) is 12.8 Å². The van der Waals surface area contributed by atoms with E-state index in [0.717, 1.165) is 5.56 Å². The van der Waals surface area contributed by atoms with Crippen LogP contribution in [-0.2, 0) is 52.4 Å². The lowest BCUT2D eigenvalue weighted by atomic mass is 9.47. The second kappa shape index (κ2) is 12.1. The lowest BCUT2D eigenvalue weighted by Gasteiger charge is -2.63. The van der Waals surface area contributed by atoms with Crippen LogP contribution in [-0.4, -0.2) is 72.1 Å². The number of benzene rings is 1. The summed E-state index contributed by atoms with van der Waals surface area (Å²) >= 11 is 0. The molecule has 0 radical (unpaired) electrons. The van der Waals surface area contributed by atoms with Crippen molar-refractivity contribution >= 4 is 35.9 Å². The van der Waals surface area contributed by atoms with Crippen molar-refractivity contribution in [2.45, 2.75) is 96.9 Å². The lowest BCUT2D eigenvalue weighted by Crippen LogP contribution is -2.78. The molecule has 1 aromatic carbocycles. The average Bonchev–Trinajstić information content (AvgIpc) is 3.06. The van der Waals surface area contributed by atoms with Gasteiger partial charge >= 0.3 is 29.8 Å². The van der Waals surface area contributed by atoms with E-state index in [2.05, 4.69) is 0 Å². The molecular weight excluding hydrogens is 560 g/mol. The number of ether oxygens (including phenoxy) is 6. The third-order valence-corrected chi connectivity index (χ3v) is 8.93. The van der Waals surface area contributed by atoms with Gasteiger partial charge in [-0.15, -0.1) is 0 Å². The summed E-state index contributed by atoms with van der Waals surface area (Å²) in [6, 6.07) is 9.17. The number of hydrogen-bond donors (Lipinski definition) is 0. The first-order valence-corrected chi connectivity index (χ1v) is 14.4. The summed E-state index contributed by atoms with van der Waals surface area (Å²) in [5.74, 6) is -4.20. The molecule has 8 atom stereocenters. The molecule has 0 amide bonds. The van der Waals surface area contributed by atoms with Gasteiger partial charge in [0, 0.05) is 39.7 Å². The number of hydrogen-bond acceptors (Lipinski definition) is 11. The Bertz CT molecular complexity index is 1290. The van der Waals surface area contributed by atoms with Gasteiger partial charge < -0.3 is 28.4 Å². The highest BCUT2D eigenvalue weighted by Gasteiger charge is 2.82. The SMILES string of the molecule is CC(=O)OC[C@]12[C@@H](OC(=O)/C=C/c3ccccc3)C[C@@H]3[C@@H](OC(C)=O)[C@]1(OC3(C)C)[C@H](C)C[C@H](OC(C)=O)[C@@H]2OC(C)=O. The molecule has 0 unspecified atom stereocenters. The van der Waals surface area contributed by atoms with Crippen molar-refractivity contribution in [2.75, 3.05) is 6.61 Å². The van der Waals surface area contributed by atoms with E-state index < -0.39 is 89.3 Å². The van der Waals surface area contributed by atoms with Gasteiger partial charge in [0.05, 0.1) is 5.60 Å². The van der Waals surface area contributed by atoms with Gasteiger partial charge in [0.2, 0.25) is 0 Å². The van der Waals surface area contributed by atoms with Gasteiger partial charge in [-0.25, -0.2) is 4.79 Å². The van der Waals surface area contributed by atoms with Crippen LogP contribution in [0.5, 0.6) is 0 Å². The third kappa shape index (κ3) is 5.91. The van der Waals surface area contributed by atoms with Crippen LogP contribution in [0.15, 0.2) is 36.4 Å². The standard InChI is InChI=1S/C32H40O11/c1-18-15-25(39-20(3)34)29(41-22(5)36)31(17-38-19(2)33)26(42-27(37)14-13-23-11-9-8-10-12-23)16-24-28(40-21(4)35)32(18,31)43-30(24,6)7/h8-14,18,24-26,28-29H,15-17H2,1-7H3/b14-13+/t18-,24-,25+,26+,28-,29+,31-,32-/m1/s1. The van der Waals surface area contributed by atoms with E-state index in [1.807, 2.05) is 51.1 Å². The predicted molar refractivity (Wildman–Crippen MR) is 151 cm³/mol. The van der Waals surface area contributed by atoms with Gasteiger partial charge in [-0.1, -0.05) is 37.3 Å². The van der Waals surface area contributed by atoms with E-state index in [1.165, 1.54) is 33.8 Å². The number of fused-ring (bicyclic) bond motifs is 1. The van der Waals surface area contributed by atoms with E-state index in [1.54, 1.807) is 6.08 Å². The minimum Gasteiger partial charge on any atom is -0.465 e. The van der Waals surface area contributed by atoms with Crippen LogP contribution >= 0.6 is 0 Å². The Labute approximate surface area is 251 Å². The Morgan fingerprint density at radius 1 is 0.837 bits per heavy atom. The first kappa shape index (κ1) is 32.2. The number of carbonyl (C=O) groups excluding carboxylic acids is 5. The van der Waals surface area contributed by atoms with Crippen molar-refractivity contribution in [1.82, 2.24) is 0 Å². The molecule has 11 nitrogen and oxygen atoms in total. The summed E-state index contributed by atoms with van der Waals surface area (Å²) in [5.41, 5.74) is -3.27. The van der Waals surface area contributed by atoms with Crippen LogP contribution in [0, 0.1) is 17.3 Å². The molecule has 2 bridgehead atoms. The normalized spacial score (nSPS) is 34.0. The van der Waals surface area contributed by atoms with Crippen LogP contribution < -0.4 is 0 Å². The van der Waals surface area contributed by atoms with Crippen molar-refractivity contribution in [3.63, 3.8) is 0 Å². The molecule has 1 spiro atoms. The molecule has 11 heteroatoms. The maximum atomic E-state index is 13.4.